The van der Waals surface area contributed by atoms with E-state index in [1.54, 1.807) is 70.1 Å². The number of carbonyl (C=O) groups is 4. The number of anilines is 1. The van der Waals surface area contributed by atoms with Gasteiger partial charge in [-0.3, -0.25) is 14.2 Å². The first-order chi connectivity index (χ1) is 28.6. The summed E-state index contributed by atoms with van der Waals surface area (Å²) in [4.78, 5) is 52.3. The standard InChI is InChI=1S/C28H27NO4.C21H23NO4/c1-3-4-17-32-23-15-13-22(14-16-23)27(30)29-20(2)18-25-24(11-8-12-26(25)29)28(31)33-19-21-9-6-5-7-10-21;1-3-4-12-26-16-10-8-15(9-11-16)20(23)22-14(2)13-18-17(21(24)25)6-5-7-19(18)22/h5-16,18H,3-4,17,19H2,1-2H3;5-11,14H,3-4,12-13H2,1-2H3,(H,24,25). The van der Waals surface area contributed by atoms with Crippen molar-refractivity contribution in [3.63, 3.8) is 0 Å². The highest BCUT2D eigenvalue weighted by molar-refractivity contribution is 6.10. The Kier molecular flexibility index (Phi) is 14.0. The lowest BCUT2D eigenvalue weighted by Gasteiger charge is -2.23. The maximum atomic E-state index is 13.3. The van der Waals surface area contributed by atoms with Gasteiger partial charge >= 0.3 is 11.9 Å². The summed E-state index contributed by atoms with van der Waals surface area (Å²) in [6, 6.07) is 36.0. The summed E-state index contributed by atoms with van der Waals surface area (Å²) in [7, 11) is 0. The molecule has 0 radical (unpaired) electrons. The van der Waals surface area contributed by atoms with Gasteiger partial charge in [-0.2, -0.15) is 0 Å². The lowest BCUT2D eigenvalue weighted by atomic mass is 10.0. The number of carbonyl (C=O) groups excluding carboxylic acids is 3. The molecule has 1 N–H and O–H groups in total. The Bertz CT molecular complexity index is 2400. The molecule has 0 spiro atoms. The van der Waals surface area contributed by atoms with E-state index in [9.17, 15) is 24.3 Å². The van der Waals surface area contributed by atoms with Crippen molar-refractivity contribution in [1.82, 2.24) is 4.57 Å². The number of fused-ring (bicyclic) bond motifs is 2. The van der Waals surface area contributed by atoms with Gasteiger partial charge in [0.2, 0.25) is 0 Å². The van der Waals surface area contributed by atoms with Crippen LogP contribution in [0.3, 0.4) is 0 Å². The maximum Gasteiger partial charge on any atom is 0.339 e. The van der Waals surface area contributed by atoms with Crippen LogP contribution in [-0.2, 0) is 17.8 Å². The number of esters is 1. The summed E-state index contributed by atoms with van der Waals surface area (Å²) < 4.78 is 18.5. The second-order valence-electron chi connectivity index (χ2n) is 14.5. The number of aromatic carboxylic acids is 1. The number of aromatic nitrogens is 1. The smallest absolute Gasteiger partial charge is 0.339 e. The number of ether oxygens (including phenoxy) is 3. The van der Waals surface area contributed by atoms with Gasteiger partial charge in [0.25, 0.3) is 11.8 Å². The van der Waals surface area contributed by atoms with Crippen molar-refractivity contribution in [2.24, 2.45) is 0 Å². The zero-order valence-electron chi connectivity index (χ0n) is 34.0. The van der Waals surface area contributed by atoms with Crippen LogP contribution in [0.25, 0.3) is 10.9 Å². The molecule has 1 atom stereocenters. The fourth-order valence-corrected chi connectivity index (χ4v) is 7.08. The molecule has 0 fully saturated rings. The van der Waals surface area contributed by atoms with Crippen molar-refractivity contribution < 1.29 is 38.5 Å². The minimum absolute atomic E-state index is 0.0847. The zero-order chi connectivity index (χ0) is 41.9. The van der Waals surface area contributed by atoms with Gasteiger partial charge in [0, 0.05) is 33.9 Å². The van der Waals surface area contributed by atoms with Crippen LogP contribution in [0.2, 0.25) is 0 Å². The first-order valence-electron chi connectivity index (χ1n) is 20.1. The van der Waals surface area contributed by atoms with Crippen molar-refractivity contribution in [3.05, 3.63) is 160 Å². The first kappa shape index (κ1) is 41.9. The molecule has 10 nitrogen and oxygen atoms in total. The van der Waals surface area contributed by atoms with E-state index in [1.165, 1.54) is 0 Å². The SMILES string of the molecule is CCCCOc1ccc(C(=O)N2c3cccc(C(=O)O)c3CC2C)cc1.CCCCOc1ccc(C(=O)n2c(C)cc3c(C(=O)OCc4ccccc4)cccc32)cc1. The Labute approximate surface area is 345 Å². The van der Waals surface area contributed by atoms with Crippen LogP contribution < -0.4 is 14.4 Å². The van der Waals surface area contributed by atoms with Crippen molar-refractivity contribution in [2.75, 3.05) is 18.1 Å². The second-order valence-corrected chi connectivity index (χ2v) is 14.5. The van der Waals surface area contributed by atoms with E-state index in [0.29, 0.717) is 52.9 Å². The number of unbranched alkanes of at least 4 members (excludes halogenated alkanes) is 2. The summed E-state index contributed by atoms with van der Waals surface area (Å²) in [5, 5.41) is 10.1. The van der Waals surface area contributed by atoms with Crippen LogP contribution in [0.1, 0.15) is 105 Å². The fraction of sp³-hybridized carbons (Fsp3) is 0.265. The normalized spacial score (nSPS) is 12.9. The molecule has 7 rings (SSSR count). The number of carboxylic acid groups (broad SMARTS) is 1. The number of rotatable bonds is 14. The molecule has 0 saturated carbocycles. The van der Waals surface area contributed by atoms with Crippen LogP contribution in [0, 0.1) is 6.92 Å². The summed E-state index contributed by atoms with van der Waals surface area (Å²) in [5.41, 5.74) is 5.58. The van der Waals surface area contributed by atoms with Crippen LogP contribution >= 0.6 is 0 Å². The van der Waals surface area contributed by atoms with Gasteiger partial charge in [0.1, 0.15) is 18.1 Å². The molecule has 0 aliphatic carbocycles. The van der Waals surface area contributed by atoms with E-state index in [0.717, 1.165) is 54.0 Å². The summed E-state index contributed by atoms with van der Waals surface area (Å²) >= 11 is 0. The predicted molar refractivity (Wildman–Crippen MR) is 229 cm³/mol. The van der Waals surface area contributed by atoms with Gasteiger partial charge < -0.3 is 24.2 Å². The lowest BCUT2D eigenvalue weighted by Crippen LogP contribution is -2.35. The van der Waals surface area contributed by atoms with Gasteiger partial charge in [-0.15, -0.1) is 0 Å². The molecule has 59 heavy (non-hydrogen) atoms. The number of nitrogens with zero attached hydrogens (tertiary/aromatic N) is 2. The molecule has 0 saturated heterocycles. The van der Waals surface area contributed by atoms with Crippen LogP contribution in [0.4, 0.5) is 5.69 Å². The molecular formula is C49H50N2O8. The molecule has 1 aliphatic rings. The van der Waals surface area contributed by atoms with Gasteiger partial charge in [0.05, 0.1) is 29.9 Å². The number of aryl methyl sites for hydroxylation is 1. The Morgan fingerprint density at radius 1 is 0.695 bits per heavy atom. The van der Waals surface area contributed by atoms with Crippen molar-refractivity contribution >= 4 is 40.3 Å². The highest BCUT2D eigenvalue weighted by Gasteiger charge is 2.34. The Morgan fingerprint density at radius 3 is 1.86 bits per heavy atom. The first-order valence-corrected chi connectivity index (χ1v) is 20.1. The third-order valence-electron chi connectivity index (χ3n) is 10.2. The Morgan fingerprint density at radius 2 is 1.27 bits per heavy atom. The van der Waals surface area contributed by atoms with Gasteiger partial charge in [0.15, 0.2) is 0 Å². The average molecular weight is 795 g/mol. The Balaban J connectivity index is 0.000000204. The van der Waals surface area contributed by atoms with Gasteiger partial charge in [-0.25, -0.2) is 9.59 Å². The zero-order valence-corrected chi connectivity index (χ0v) is 34.0. The van der Waals surface area contributed by atoms with Crippen LogP contribution in [0.5, 0.6) is 11.5 Å². The quantitative estimate of drug-likeness (QED) is 0.0854. The molecule has 1 unspecified atom stereocenters. The average Bonchev–Trinajstić information content (AvgIpc) is 3.78. The van der Waals surface area contributed by atoms with E-state index in [2.05, 4.69) is 13.8 Å². The molecule has 304 valence electrons. The third-order valence-corrected chi connectivity index (χ3v) is 10.2. The van der Waals surface area contributed by atoms with E-state index in [1.807, 2.05) is 74.5 Å². The molecule has 2 heterocycles. The fourth-order valence-electron chi connectivity index (χ4n) is 7.08. The Hall–Kier alpha value is -6.68. The minimum atomic E-state index is -0.961. The monoisotopic (exact) mass is 794 g/mol. The van der Waals surface area contributed by atoms with E-state index < -0.39 is 11.9 Å². The van der Waals surface area contributed by atoms with E-state index >= 15 is 0 Å². The van der Waals surface area contributed by atoms with E-state index in [4.69, 9.17) is 14.2 Å². The minimum Gasteiger partial charge on any atom is -0.494 e. The third kappa shape index (κ3) is 9.90. The lowest BCUT2D eigenvalue weighted by molar-refractivity contribution is 0.0474. The highest BCUT2D eigenvalue weighted by Crippen LogP contribution is 2.36. The maximum absolute atomic E-state index is 13.3. The molecular weight excluding hydrogens is 745 g/mol. The van der Waals surface area contributed by atoms with Gasteiger partial charge in [-0.1, -0.05) is 69.2 Å². The number of carboxylic acids is 1. The van der Waals surface area contributed by atoms with Gasteiger partial charge in [-0.05, 0) is 123 Å². The molecule has 0 bridgehead atoms. The summed E-state index contributed by atoms with van der Waals surface area (Å²) in [6.07, 6.45) is 4.67. The number of amides is 1. The summed E-state index contributed by atoms with van der Waals surface area (Å²) in [6.45, 7) is 9.54. The van der Waals surface area contributed by atoms with Crippen molar-refractivity contribution in [3.8, 4) is 11.5 Å². The molecule has 5 aromatic carbocycles. The number of benzene rings is 5. The topological polar surface area (TPSA) is 124 Å². The van der Waals surface area contributed by atoms with Crippen LogP contribution in [0.15, 0.2) is 121 Å². The van der Waals surface area contributed by atoms with E-state index in [-0.39, 0.29) is 30.0 Å². The largest absolute Gasteiger partial charge is 0.494 e. The second kappa shape index (κ2) is 19.7. The molecule has 6 aromatic rings. The molecule has 10 heteroatoms. The molecule has 1 aliphatic heterocycles. The van der Waals surface area contributed by atoms with Crippen LogP contribution in [-0.4, -0.2) is 52.7 Å². The number of hydrogen-bond acceptors (Lipinski definition) is 7. The van der Waals surface area contributed by atoms with Crippen molar-refractivity contribution in [1.29, 1.82) is 0 Å². The van der Waals surface area contributed by atoms with Crippen molar-refractivity contribution in [2.45, 2.75) is 72.4 Å². The number of hydrogen-bond donors (Lipinski definition) is 1. The molecule has 1 aromatic heterocycles. The predicted octanol–water partition coefficient (Wildman–Crippen LogP) is 10.3. The molecule has 1 amide bonds. The highest BCUT2D eigenvalue weighted by atomic mass is 16.5. The summed E-state index contributed by atoms with van der Waals surface area (Å²) in [5.74, 6) is -0.161.